The van der Waals surface area contributed by atoms with E-state index in [1.807, 2.05) is 36.4 Å². The van der Waals surface area contributed by atoms with Gasteiger partial charge in [0.1, 0.15) is 18.6 Å². The molecule has 0 spiro atoms. The zero-order chi connectivity index (χ0) is 28.4. The fraction of sp³-hybridized carbons (Fsp3) is 0.310. The number of carboxylic acid groups (broad SMARTS) is 1. The molecule has 1 N–H and O–H groups in total. The van der Waals surface area contributed by atoms with Gasteiger partial charge in [0, 0.05) is 28.3 Å². The van der Waals surface area contributed by atoms with E-state index < -0.39 is 18.2 Å². The van der Waals surface area contributed by atoms with Crippen LogP contribution in [0.4, 0.5) is 0 Å². The van der Waals surface area contributed by atoms with Crippen LogP contribution in [0.1, 0.15) is 60.8 Å². The Morgan fingerprint density at radius 3 is 2.67 bits per heavy atom. The maximum atomic E-state index is 11.1. The minimum absolute atomic E-state index is 0.157. The fourth-order valence-corrected chi connectivity index (χ4v) is 5.22. The van der Waals surface area contributed by atoms with Gasteiger partial charge >= 0.3 is 5.97 Å². The molecular formula is C29H30ClN5O5. The molecule has 40 heavy (non-hydrogen) atoms. The molecule has 4 aromatic rings. The van der Waals surface area contributed by atoms with E-state index in [0.717, 1.165) is 33.8 Å². The minimum atomic E-state index is -1.01. The molecular weight excluding hydrogens is 534 g/mol. The van der Waals surface area contributed by atoms with E-state index in [1.54, 1.807) is 14.2 Å². The molecule has 2 aromatic heterocycles. The lowest BCUT2D eigenvalue weighted by molar-refractivity contribution is -0.136. The number of fused-ring (bicyclic) bond motifs is 3. The van der Waals surface area contributed by atoms with Crippen molar-refractivity contribution in [1.82, 2.24) is 24.8 Å². The van der Waals surface area contributed by atoms with Crippen LogP contribution in [-0.4, -0.2) is 50.1 Å². The highest BCUT2D eigenvalue weighted by Gasteiger charge is 2.34. The largest absolute Gasteiger partial charge is 0.493 e. The highest BCUT2D eigenvalue weighted by molar-refractivity contribution is 6.30. The lowest BCUT2D eigenvalue weighted by Crippen LogP contribution is -2.15. The van der Waals surface area contributed by atoms with Gasteiger partial charge in [0.05, 0.1) is 32.1 Å². The third-order valence-electron chi connectivity index (χ3n) is 6.63. The maximum absolute atomic E-state index is 11.1. The predicted molar refractivity (Wildman–Crippen MR) is 149 cm³/mol. The van der Waals surface area contributed by atoms with Gasteiger partial charge in [-0.2, -0.15) is 4.80 Å². The monoisotopic (exact) mass is 563 g/mol. The fourth-order valence-electron chi connectivity index (χ4n) is 5.04. The van der Waals surface area contributed by atoms with Crippen molar-refractivity contribution < 1.29 is 24.1 Å². The summed E-state index contributed by atoms with van der Waals surface area (Å²) in [6.07, 6.45) is 1.38. The second-order valence-electron chi connectivity index (χ2n) is 9.69. The molecule has 1 aliphatic heterocycles. The number of carbonyl (C=O) groups is 1. The molecule has 208 valence electrons. The quantitative estimate of drug-likeness (QED) is 0.286. The number of hydrogen-bond acceptors (Lipinski definition) is 7. The van der Waals surface area contributed by atoms with Crippen molar-refractivity contribution in [2.45, 2.75) is 45.4 Å². The summed E-state index contributed by atoms with van der Waals surface area (Å²) < 4.78 is 20.5. The van der Waals surface area contributed by atoms with Gasteiger partial charge in [-0.1, -0.05) is 29.3 Å². The lowest BCUT2D eigenvalue weighted by Gasteiger charge is -2.25. The number of aromatic nitrogens is 5. The van der Waals surface area contributed by atoms with E-state index in [0.29, 0.717) is 29.5 Å². The van der Waals surface area contributed by atoms with Crippen molar-refractivity contribution in [3.8, 4) is 17.2 Å². The Bertz CT molecular complexity index is 1570. The molecule has 2 aromatic carbocycles. The highest BCUT2D eigenvalue weighted by Crippen LogP contribution is 2.47. The SMILES string of the molecule is COc1cccc([C@H]2O[C@H](CCn3nnc(CC(=O)O)n3)c3ccc(C=C(C)C)n3-c3ccc(Cl)cc32)c1OC. The summed E-state index contributed by atoms with van der Waals surface area (Å²) >= 11 is 6.55. The first-order valence-electron chi connectivity index (χ1n) is 12.8. The number of aliphatic carboxylic acids is 1. The first-order valence-corrected chi connectivity index (χ1v) is 13.2. The molecule has 0 saturated heterocycles. The summed E-state index contributed by atoms with van der Waals surface area (Å²) in [6, 6.07) is 15.7. The Morgan fingerprint density at radius 1 is 1.12 bits per heavy atom. The Balaban J connectivity index is 1.64. The van der Waals surface area contributed by atoms with Gasteiger partial charge in [0.25, 0.3) is 0 Å². The average molecular weight is 564 g/mol. The van der Waals surface area contributed by atoms with Gasteiger partial charge in [-0.15, -0.1) is 10.2 Å². The van der Waals surface area contributed by atoms with Crippen LogP contribution in [0.5, 0.6) is 11.5 Å². The summed E-state index contributed by atoms with van der Waals surface area (Å²) in [4.78, 5) is 12.5. The van der Waals surface area contributed by atoms with Crippen LogP contribution in [0.25, 0.3) is 11.8 Å². The maximum Gasteiger partial charge on any atom is 0.311 e. The Labute approximate surface area is 236 Å². The summed E-state index contributed by atoms with van der Waals surface area (Å²) in [5.74, 6) is 0.315. The van der Waals surface area contributed by atoms with Crippen molar-refractivity contribution in [3.05, 3.63) is 87.5 Å². The molecule has 5 rings (SSSR count). The lowest BCUT2D eigenvalue weighted by atomic mass is 9.98. The number of methoxy groups -OCH3 is 2. The molecule has 10 nitrogen and oxygen atoms in total. The Kier molecular flexibility index (Phi) is 7.90. The number of ether oxygens (including phenoxy) is 3. The van der Waals surface area contributed by atoms with Crippen molar-refractivity contribution in [1.29, 1.82) is 0 Å². The Hall–Kier alpha value is -4.15. The number of halogens is 1. The van der Waals surface area contributed by atoms with Crippen molar-refractivity contribution in [2.24, 2.45) is 0 Å². The molecule has 0 aliphatic carbocycles. The molecule has 0 radical (unpaired) electrons. The van der Waals surface area contributed by atoms with E-state index >= 15 is 0 Å². The normalized spacial score (nSPS) is 16.0. The van der Waals surface area contributed by atoms with Crippen LogP contribution in [0, 0.1) is 0 Å². The third-order valence-corrected chi connectivity index (χ3v) is 6.87. The molecule has 11 heteroatoms. The highest BCUT2D eigenvalue weighted by atomic mass is 35.5. The Morgan fingerprint density at radius 2 is 1.95 bits per heavy atom. The molecule has 0 bridgehead atoms. The summed E-state index contributed by atoms with van der Waals surface area (Å²) in [7, 11) is 3.21. The minimum Gasteiger partial charge on any atom is -0.493 e. The van der Waals surface area contributed by atoms with Gasteiger partial charge in [-0.25, -0.2) is 0 Å². The number of hydrogen-bond donors (Lipinski definition) is 1. The van der Waals surface area contributed by atoms with E-state index in [2.05, 4.69) is 52.0 Å². The van der Waals surface area contributed by atoms with Crippen LogP contribution >= 0.6 is 11.6 Å². The zero-order valence-electron chi connectivity index (χ0n) is 22.7. The van der Waals surface area contributed by atoms with Crippen LogP contribution < -0.4 is 9.47 Å². The van der Waals surface area contributed by atoms with E-state index in [1.165, 1.54) is 4.80 Å². The third kappa shape index (κ3) is 5.45. The first kappa shape index (κ1) is 27.4. The molecule has 1 aliphatic rings. The van der Waals surface area contributed by atoms with Crippen LogP contribution in [0.2, 0.25) is 5.02 Å². The van der Waals surface area contributed by atoms with Gasteiger partial charge in [-0.3, -0.25) is 4.79 Å². The van der Waals surface area contributed by atoms with Gasteiger partial charge in [0.15, 0.2) is 17.3 Å². The summed E-state index contributed by atoms with van der Waals surface area (Å²) in [5, 5.41) is 21.8. The number of carboxylic acids is 1. The first-order chi connectivity index (χ1) is 19.3. The van der Waals surface area contributed by atoms with Gasteiger partial charge in [0.2, 0.25) is 0 Å². The second kappa shape index (κ2) is 11.5. The number of para-hydroxylation sites is 1. The van der Waals surface area contributed by atoms with Crippen molar-refractivity contribution >= 4 is 23.6 Å². The zero-order valence-corrected chi connectivity index (χ0v) is 23.4. The summed E-state index contributed by atoms with van der Waals surface area (Å²) in [5.41, 5.74) is 5.73. The standard InChI is InChI=1S/C29H30ClN5O5/c1-17(2)14-19-9-11-23-24(12-13-34-32-26(31-33-34)16-27(36)37)40-28(20-6-5-7-25(38-3)29(20)39-4)21-15-18(30)8-10-22(21)35(19)23/h5-11,14-15,24,28H,12-13,16H2,1-4H3,(H,36,37)/t24-,28-/m1/s1. The predicted octanol–water partition coefficient (Wildman–Crippen LogP) is 5.44. The summed E-state index contributed by atoms with van der Waals surface area (Å²) in [6.45, 7) is 4.48. The van der Waals surface area contributed by atoms with Crippen molar-refractivity contribution in [3.63, 3.8) is 0 Å². The topological polar surface area (TPSA) is 114 Å². The number of nitrogens with zero attached hydrogens (tertiary/aromatic N) is 5. The van der Waals surface area contributed by atoms with E-state index in [-0.39, 0.29) is 12.2 Å². The number of rotatable bonds is 9. The van der Waals surface area contributed by atoms with Crippen LogP contribution in [0.15, 0.2) is 54.1 Å². The van der Waals surface area contributed by atoms with Crippen molar-refractivity contribution in [2.75, 3.05) is 14.2 Å². The average Bonchev–Trinajstić information content (AvgIpc) is 3.51. The smallest absolute Gasteiger partial charge is 0.311 e. The molecule has 0 amide bonds. The number of tetrazole rings is 1. The van der Waals surface area contributed by atoms with Crippen LogP contribution in [0.3, 0.4) is 0 Å². The number of allylic oxidation sites excluding steroid dienone is 1. The van der Waals surface area contributed by atoms with Crippen LogP contribution in [-0.2, 0) is 22.5 Å². The van der Waals surface area contributed by atoms with Gasteiger partial charge < -0.3 is 23.9 Å². The number of aryl methyl sites for hydroxylation is 1. The number of benzene rings is 2. The van der Waals surface area contributed by atoms with Gasteiger partial charge in [-0.05, 0) is 61.5 Å². The second-order valence-corrected chi connectivity index (χ2v) is 10.1. The molecule has 3 heterocycles. The van der Waals surface area contributed by atoms with E-state index in [4.69, 9.17) is 30.9 Å². The molecule has 0 saturated carbocycles. The molecule has 2 atom stereocenters. The molecule has 0 unspecified atom stereocenters. The van der Waals surface area contributed by atoms with E-state index in [9.17, 15) is 4.79 Å². The molecule has 0 fully saturated rings.